The smallest absolute Gasteiger partial charge is 0.0500 e. The highest BCUT2D eigenvalue weighted by atomic mass is 15.1. The van der Waals surface area contributed by atoms with Crippen molar-refractivity contribution in [2.75, 3.05) is 24.3 Å². The molecule has 1 heterocycles. The predicted molar refractivity (Wildman–Crippen MR) is 81.8 cm³/mol. The van der Waals surface area contributed by atoms with Crippen molar-refractivity contribution in [3.05, 3.63) is 53.9 Å². The Hall–Kier alpha value is -2.03. The van der Waals surface area contributed by atoms with Gasteiger partial charge in [-0.25, -0.2) is 0 Å². The molecule has 0 amide bonds. The van der Waals surface area contributed by atoms with E-state index in [9.17, 15) is 0 Å². The van der Waals surface area contributed by atoms with Crippen LogP contribution < -0.4 is 10.2 Å². The Labute approximate surface area is 115 Å². The van der Waals surface area contributed by atoms with Crippen LogP contribution in [0.15, 0.2) is 42.7 Å². The lowest BCUT2D eigenvalue weighted by molar-refractivity contribution is 0.873. The Morgan fingerprint density at radius 3 is 2.58 bits per heavy atom. The van der Waals surface area contributed by atoms with Gasteiger partial charge in [-0.3, -0.25) is 4.98 Å². The molecule has 1 atom stereocenters. The monoisotopic (exact) mass is 255 g/mol. The molecule has 1 aromatic heterocycles. The first-order valence-corrected chi connectivity index (χ1v) is 6.52. The molecule has 0 saturated heterocycles. The number of hydrogen-bond acceptors (Lipinski definition) is 3. The standard InChI is InChI=1S/C16H21N3/c1-12-10-15(19(3)4)7-8-16(12)18-13(2)14-6-5-9-17-11-14/h5-11,13,18H,1-4H3. The van der Waals surface area contributed by atoms with Crippen LogP contribution in [0.3, 0.4) is 0 Å². The summed E-state index contributed by atoms with van der Waals surface area (Å²) in [6, 6.07) is 10.8. The van der Waals surface area contributed by atoms with Gasteiger partial charge in [-0.2, -0.15) is 0 Å². The molecule has 3 heteroatoms. The third-order valence-corrected chi connectivity index (χ3v) is 3.28. The van der Waals surface area contributed by atoms with Crippen LogP contribution in [-0.4, -0.2) is 19.1 Å². The van der Waals surface area contributed by atoms with E-state index in [1.807, 2.05) is 12.3 Å². The summed E-state index contributed by atoms with van der Waals surface area (Å²) < 4.78 is 0. The number of nitrogens with zero attached hydrogens (tertiary/aromatic N) is 2. The zero-order chi connectivity index (χ0) is 13.8. The summed E-state index contributed by atoms with van der Waals surface area (Å²) >= 11 is 0. The summed E-state index contributed by atoms with van der Waals surface area (Å²) in [5.41, 5.74) is 4.83. The van der Waals surface area contributed by atoms with Crippen molar-refractivity contribution in [1.29, 1.82) is 0 Å². The van der Waals surface area contributed by atoms with Gasteiger partial charge in [-0.15, -0.1) is 0 Å². The topological polar surface area (TPSA) is 28.2 Å². The molecule has 1 unspecified atom stereocenters. The maximum absolute atomic E-state index is 4.16. The van der Waals surface area contributed by atoms with Crippen LogP contribution in [0.2, 0.25) is 0 Å². The van der Waals surface area contributed by atoms with Crippen LogP contribution in [0.1, 0.15) is 24.1 Å². The maximum Gasteiger partial charge on any atom is 0.0500 e. The van der Waals surface area contributed by atoms with Crippen molar-refractivity contribution in [3.8, 4) is 0 Å². The van der Waals surface area contributed by atoms with Crippen molar-refractivity contribution in [1.82, 2.24) is 4.98 Å². The number of aryl methyl sites for hydroxylation is 1. The molecular weight excluding hydrogens is 234 g/mol. The van der Waals surface area contributed by atoms with Crippen LogP contribution in [-0.2, 0) is 0 Å². The van der Waals surface area contributed by atoms with E-state index in [1.165, 1.54) is 22.5 Å². The molecule has 100 valence electrons. The molecule has 3 nitrogen and oxygen atoms in total. The number of benzene rings is 1. The second-order valence-electron chi connectivity index (χ2n) is 5.05. The molecule has 0 aliphatic rings. The molecule has 0 saturated carbocycles. The van der Waals surface area contributed by atoms with Crippen LogP contribution in [0.4, 0.5) is 11.4 Å². The second kappa shape index (κ2) is 5.74. The van der Waals surface area contributed by atoms with Crippen molar-refractivity contribution in [2.24, 2.45) is 0 Å². The zero-order valence-electron chi connectivity index (χ0n) is 12.0. The van der Waals surface area contributed by atoms with Gasteiger partial charge in [0, 0.05) is 37.9 Å². The molecule has 0 bridgehead atoms. The van der Waals surface area contributed by atoms with Crippen LogP contribution in [0.5, 0.6) is 0 Å². The van der Waals surface area contributed by atoms with Gasteiger partial charge in [-0.05, 0) is 49.2 Å². The van der Waals surface area contributed by atoms with E-state index < -0.39 is 0 Å². The highest BCUT2D eigenvalue weighted by Crippen LogP contribution is 2.25. The minimum Gasteiger partial charge on any atom is -0.378 e. The fourth-order valence-electron chi connectivity index (χ4n) is 2.04. The molecule has 0 fully saturated rings. The van der Waals surface area contributed by atoms with E-state index >= 15 is 0 Å². The Kier molecular flexibility index (Phi) is 4.05. The van der Waals surface area contributed by atoms with Gasteiger partial charge in [0.1, 0.15) is 0 Å². The number of nitrogens with one attached hydrogen (secondary N) is 1. The summed E-state index contributed by atoms with van der Waals surface area (Å²) in [6.45, 7) is 4.28. The summed E-state index contributed by atoms with van der Waals surface area (Å²) in [5, 5.41) is 3.53. The first-order chi connectivity index (χ1) is 9.08. The van der Waals surface area contributed by atoms with Crippen molar-refractivity contribution in [2.45, 2.75) is 19.9 Å². The summed E-state index contributed by atoms with van der Waals surface area (Å²) in [5.74, 6) is 0. The first-order valence-electron chi connectivity index (χ1n) is 6.52. The Morgan fingerprint density at radius 1 is 1.21 bits per heavy atom. The van der Waals surface area contributed by atoms with E-state index in [0.717, 1.165) is 0 Å². The van der Waals surface area contributed by atoms with Crippen molar-refractivity contribution in [3.63, 3.8) is 0 Å². The van der Waals surface area contributed by atoms with Gasteiger partial charge in [0.2, 0.25) is 0 Å². The number of rotatable bonds is 4. The lowest BCUT2D eigenvalue weighted by atomic mass is 10.1. The van der Waals surface area contributed by atoms with Crippen LogP contribution in [0, 0.1) is 6.92 Å². The molecule has 0 radical (unpaired) electrons. The Morgan fingerprint density at radius 2 is 2.00 bits per heavy atom. The average Bonchev–Trinajstić information content (AvgIpc) is 2.41. The lowest BCUT2D eigenvalue weighted by Crippen LogP contribution is -2.11. The zero-order valence-corrected chi connectivity index (χ0v) is 12.0. The molecule has 0 spiro atoms. The fourth-order valence-corrected chi connectivity index (χ4v) is 2.04. The molecule has 0 aliphatic heterocycles. The van der Waals surface area contributed by atoms with Gasteiger partial charge in [-0.1, -0.05) is 6.07 Å². The van der Waals surface area contributed by atoms with E-state index in [4.69, 9.17) is 0 Å². The van der Waals surface area contributed by atoms with Gasteiger partial charge in [0.15, 0.2) is 0 Å². The van der Waals surface area contributed by atoms with E-state index in [-0.39, 0.29) is 6.04 Å². The fraction of sp³-hybridized carbons (Fsp3) is 0.312. The van der Waals surface area contributed by atoms with Crippen LogP contribution >= 0.6 is 0 Å². The number of aromatic nitrogens is 1. The Balaban J connectivity index is 2.15. The minimum absolute atomic E-state index is 0.248. The highest BCUT2D eigenvalue weighted by molar-refractivity contribution is 5.60. The van der Waals surface area contributed by atoms with E-state index in [0.29, 0.717) is 0 Å². The largest absolute Gasteiger partial charge is 0.378 e. The number of anilines is 2. The molecule has 0 aliphatic carbocycles. The summed E-state index contributed by atoms with van der Waals surface area (Å²) in [7, 11) is 4.11. The SMILES string of the molecule is Cc1cc(N(C)C)ccc1NC(C)c1cccnc1. The molecule has 19 heavy (non-hydrogen) atoms. The summed E-state index contributed by atoms with van der Waals surface area (Å²) in [4.78, 5) is 6.27. The Bertz CT molecular complexity index is 535. The van der Waals surface area contributed by atoms with Crippen LogP contribution in [0.25, 0.3) is 0 Å². The first kappa shape index (κ1) is 13.4. The highest BCUT2D eigenvalue weighted by Gasteiger charge is 2.07. The normalized spacial score (nSPS) is 12.0. The van der Waals surface area contributed by atoms with Gasteiger partial charge in [0.05, 0.1) is 6.04 Å². The minimum atomic E-state index is 0.248. The van der Waals surface area contributed by atoms with Gasteiger partial charge in [0.25, 0.3) is 0 Å². The molecule has 2 aromatic rings. The van der Waals surface area contributed by atoms with Crippen molar-refractivity contribution < 1.29 is 0 Å². The average molecular weight is 255 g/mol. The molecular formula is C16H21N3. The van der Waals surface area contributed by atoms with Crippen molar-refractivity contribution >= 4 is 11.4 Å². The third-order valence-electron chi connectivity index (χ3n) is 3.28. The quantitative estimate of drug-likeness (QED) is 0.904. The van der Waals surface area contributed by atoms with E-state index in [1.54, 1.807) is 6.20 Å². The van der Waals surface area contributed by atoms with Gasteiger partial charge >= 0.3 is 0 Å². The molecule has 2 rings (SSSR count). The number of pyridine rings is 1. The van der Waals surface area contributed by atoms with Gasteiger partial charge < -0.3 is 10.2 Å². The van der Waals surface area contributed by atoms with E-state index in [2.05, 4.69) is 67.4 Å². The summed E-state index contributed by atoms with van der Waals surface area (Å²) in [6.07, 6.45) is 3.70. The third kappa shape index (κ3) is 3.25. The maximum atomic E-state index is 4.16. The lowest BCUT2D eigenvalue weighted by Gasteiger charge is -2.19. The number of hydrogen-bond donors (Lipinski definition) is 1. The predicted octanol–water partition coefficient (Wildman–Crippen LogP) is 3.63. The molecule has 1 aromatic carbocycles. The second-order valence-corrected chi connectivity index (χ2v) is 5.05. The molecule has 1 N–H and O–H groups in total.